The average molecular weight is 509 g/mol. The summed E-state index contributed by atoms with van der Waals surface area (Å²) in [7, 11) is 0. The Labute approximate surface area is 217 Å². The summed E-state index contributed by atoms with van der Waals surface area (Å²) in [6.07, 6.45) is 4.36. The second-order valence-electron chi connectivity index (χ2n) is 9.85. The lowest BCUT2D eigenvalue weighted by atomic mass is 9.79. The highest BCUT2D eigenvalue weighted by Crippen LogP contribution is 2.47. The lowest BCUT2D eigenvalue weighted by Crippen LogP contribution is -2.35. The van der Waals surface area contributed by atoms with E-state index in [1.165, 1.54) is 16.8 Å². The standard InChI is InChI=1S/C28H24N6O2S/c35-26(34-9-7-22-24(8-10-34)37-16-31-22)23-12-25(30-15-29-23)32-19-6-5-17-13-28(14-18(17)11-19)20-3-1-2-4-21(20)33-27(28)36/h1-6,11-12,15-16H,7-10,13-14H2,(H,33,36)(H,29,30,32). The molecule has 2 aliphatic heterocycles. The number of carbonyl (C=O) groups is 2. The van der Waals surface area contributed by atoms with Crippen molar-refractivity contribution in [3.05, 3.63) is 93.3 Å². The van der Waals surface area contributed by atoms with Gasteiger partial charge in [0.2, 0.25) is 5.91 Å². The van der Waals surface area contributed by atoms with Gasteiger partial charge in [0.25, 0.3) is 5.91 Å². The van der Waals surface area contributed by atoms with Gasteiger partial charge in [-0.2, -0.15) is 0 Å². The van der Waals surface area contributed by atoms with E-state index >= 15 is 0 Å². The number of anilines is 3. The molecule has 2 amide bonds. The summed E-state index contributed by atoms with van der Waals surface area (Å²) in [6, 6.07) is 15.8. The van der Waals surface area contributed by atoms with Gasteiger partial charge in [0, 0.05) is 48.2 Å². The predicted octanol–water partition coefficient (Wildman–Crippen LogP) is 3.91. The molecule has 8 nitrogen and oxygen atoms in total. The highest BCUT2D eigenvalue weighted by molar-refractivity contribution is 7.09. The van der Waals surface area contributed by atoms with Crippen molar-refractivity contribution in [1.29, 1.82) is 0 Å². The van der Waals surface area contributed by atoms with E-state index in [0.29, 0.717) is 37.4 Å². The minimum absolute atomic E-state index is 0.0673. The highest BCUT2D eigenvalue weighted by Gasteiger charge is 2.50. The molecule has 7 rings (SSSR count). The summed E-state index contributed by atoms with van der Waals surface area (Å²) in [4.78, 5) is 42.4. The molecular formula is C28H24N6O2S. The first-order chi connectivity index (χ1) is 18.1. The van der Waals surface area contributed by atoms with Crippen LogP contribution in [0.1, 0.15) is 37.7 Å². The molecule has 0 saturated heterocycles. The number of fused-ring (bicyclic) bond motifs is 4. The number of para-hydroxylation sites is 1. The smallest absolute Gasteiger partial charge is 0.272 e. The minimum atomic E-state index is -0.544. The average Bonchev–Trinajstić information content (AvgIpc) is 3.56. The van der Waals surface area contributed by atoms with Crippen molar-refractivity contribution in [3.63, 3.8) is 0 Å². The van der Waals surface area contributed by atoms with Crippen LogP contribution < -0.4 is 10.6 Å². The number of amides is 2. The van der Waals surface area contributed by atoms with Crippen LogP contribution in [0.5, 0.6) is 0 Å². The number of hydrogen-bond acceptors (Lipinski definition) is 7. The van der Waals surface area contributed by atoms with Gasteiger partial charge in [-0.1, -0.05) is 24.3 Å². The normalized spacial score (nSPS) is 19.7. The third-order valence-corrected chi connectivity index (χ3v) is 8.65. The molecule has 0 bridgehead atoms. The fraction of sp³-hybridized carbons (Fsp3) is 0.250. The number of carbonyl (C=O) groups excluding carboxylic acids is 2. The van der Waals surface area contributed by atoms with E-state index in [1.54, 1.807) is 17.4 Å². The number of aromatic nitrogens is 3. The van der Waals surface area contributed by atoms with E-state index in [-0.39, 0.29) is 11.8 Å². The molecule has 2 N–H and O–H groups in total. The fourth-order valence-electron chi connectivity index (χ4n) is 5.82. The molecule has 4 heterocycles. The lowest BCUT2D eigenvalue weighted by molar-refractivity contribution is -0.120. The topological polar surface area (TPSA) is 100 Å². The number of nitrogens with one attached hydrogen (secondary N) is 2. The largest absolute Gasteiger partial charge is 0.340 e. The van der Waals surface area contributed by atoms with E-state index in [2.05, 4.69) is 43.8 Å². The van der Waals surface area contributed by atoms with Crippen molar-refractivity contribution >= 4 is 40.3 Å². The summed E-state index contributed by atoms with van der Waals surface area (Å²) >= 11 is 1.66. The third kappa shape index (κ3) is 3.69. The number of rotatable bonds is 3. The third-order valence-electron chi connectivity index (χ3n) is 7.71. The first-order valence-electron chi connectivity index (χ1n) is 12.4. The van der Waals surface area contributed by atoms with Crippen LogP contribution in [-0.2, 0) is 35.9 Å². The molecule has 9 heteroatoms. The first kappa shape index (κ1) is 22.1. The van der Waals surface area contributed by atoms with Crippen LogP contribution in [0.25, 0.3) is 0 Å². The zero-order valence-electron chi connectivity index (χ0n) is 20.0. The Balaban J connectivity index is 1.09. The second-order valence-corrected chi connectivity index (χ2v) is 10.8. The monoisotopic (exact) mass is 508 g/mol. The number of nitrogens with zero attached hydrogens (tertiary/aromatic N) is 4. The Morgan fingerprint density at radius 1 is 1.00 bits per heavy atom. The van der Waals surface area contributed by atoms with Gasteiger partial charge in [0.1, 0.15) is 17.8 Å². The summed E-state index contributed by atoms with van der Waals surface area (Å²) in [5, 5.41) is 6.39. The Hall–Kier alpha value is -4.11. The molecule has 1 aliphatic carbocycles. The molecule has 37 heavy (non-hydrogen) atoms. The van der Waals surface area contributed by atoms with E-state index in [4.69, 9.17) is 0 Å². The highest BCUT2D eigenvalue weighted by atomic mass is 32.1. The van der Waals surface area contributed by atoms with Crippen molar-refractivity contribution < 1.29 is 9.59 Å². The van der Waals surface area contributed by atoms with Crippen LogP contribution in [0.4, 0.5) is 17.2 Å². The summed E-state index contributed by atoms with van der Waals surface area (Å²) < 4.78 is 0. The van der Waals surface area contributed by atoms with Crippen LogP contribution >= 0.6 is 11.3 Å². The van der Waals surface area contributed by atoms with Crippen molar-refractivity contribution in [2.75, 3.05) is 23.7 Å². The van der Waals surface area contributed by atoms with Crippen molar-refractivity contribution in [2.45, 2.75) is 31.1 Å². The lowest BCUT2D eigenvalue weighted by Gasteiger charge is -2.20. The van der Waals surface area contributed by atoms with Gasteiger partial charge in [-0.15, -0.1) is 11.3 Å². The molecule has 2 aromatic heterocycles. The molecule has 1 spiro atoms. The molecule has 3 aliphatic rings. The van der Waals surface area contributed by atoms with Crippen LogP contribution in [0.15, 0.2) is 60.4 Å². The maximum Gasteiger partial charge on any atom is 0.272 e. The van der Waals surface area contributed by atoms with Gasteiger partial charge in [-0.05, 0) is 47.7 Å². The van der Waals surface area contributed by atoms with Crippen LogP contribution in [0.2, 0.25) is 0 Å². The van der Waals surface area contributed by atoms with E-state index in [1.807, 2.05) is 34.7 Å². The SMILES string of the molecule is O=C(c1cc(Nc2ccc3c(c2)CC2(C3)C(=O)Nc3ccccc32)ncn1)N1CCc2ncsc2CC1. The Kier molecular flexibility index (Phi) is 5.07. The van der Waals surface area contributed by atoms with Gasteiger partial charge in [0.15, 0.2) is 0 Å². The van der Waals surface area contributed by atoms with Crippen molar-refractivity contribution in [2.24, 2.45) is 0 Å². The Morgan fingerprint density at radius 2 is 1.86 bits per heavy atom. The fourth-order valence-corrected chi connectivity index (χ4v) is 6.63. The van der Waals surface area contributed by atoms with Crippen LogP contribution in [-0.4, -0.2) is 44.8 Å². The molecule has 184 valence electrons. The summed E-state index contributed by atoms with van der Waals surface area (Å²) in [5.41, 5.74) is 7.98. The number of hydrogen-bond donors (Lipinski definition) is 2. The zero-order chi connectivity index (χ0) is 25.0. The molecule has 0 radical (unpaired) electrons. The van der Waals surface area contributed by atoms with Crippen LogP contribution in [0, 0.1) is 0 Å². The van der Waals surface area contributed by atoms with Gasteiger partial charge in [-0.25, -0.2) is 15.0 Å². The molecule has 1 unspecified atom stereocenters. The predicted molar refractivity (Wildman–Crippen MR) is 141 cm³/mol. The maximum absolute atomic E-state index is 13.2. The number of thiazole rings is 1. The first-order valence-corrected chi connectivity index (χ1v) is 13.3. The van der Waals surface area contributed by atoms with E-state index in [0.717, 1.165) is 41.0 Å². The Bertz CT molecular complexity index is 1540. The van der Waals surface area contributed by atoms with Gasteiger partial charge < -0.3 is 15.5 Å². The van der Waals surface area contributed by atoms with Crippen molar-refractivity contribution in [3.8, 4) is 0 Å². The van der Waals surface area contributed by atoms with Crippen LogP contribution in [0.3, 0.4) is 0 Å². The van der Waals surface area contributed by atoms with E-state index in [9.17, 15) is 9.59 Å². The number of benzene rings is 2. The molecular weight excluding hydrogens is 484 g/mol. The van der Waals surface area contributed by atoms with Crippen molar-refractivity contribution in [1.82, 2.24) is 19.9 Å². The van der Waals surface area contributed by atoms with Gasteiger partial charge in [0.05, 0.1) is 16.6 Å². The molecule has 2 aromatic carbocycles. The quantitative estimate of drug-likeness (QED) is 0.435. The van der Waals surface area contributed by atoms with Gasteiger partial charge in [-0.3, -0.25) is 9.59 Å². The zero-order valence-corrected chi connectivity index (χ0v) is 20.8. The second kappa shape index (κ2) is 8.48. The molecule has 0 saturated carbocycles. The van der Waals surface area contributed by atoms with Gasteiger partial charge >= 0.3 is 0 Å². The molecule has 1 atom stereocenters. The summed E-state index contributed by atoms with van der Waals surface area (Å²) in [5.74, 6) is 0.533. The maximum atomic E-state index is 13.2. The molecule has 0 fully saturated rings. The Morgan fingerprint density at radius 3 is 2.81 bits per heavy atom. The summed E-state index contributed by atoms with van der Waals surface area (Å²) in [6.45, 7) is 1.29. The minimum Gasteiger partial charge on any atom is -0.340 e. The van der Waals surface area contributed by atoms with E-state index < -0.39 is 5.41 Å². The molecule has 4 aromatic rings.